The number of anilines is 1. The maximum Gasteiger partial charge on any atom is 0.306 e. The minimum absolute atomic E-state index is 0.0201. The number of aryl methyl sites for hydroxylation is 3. The predicted octanol–water partition coefficient (Wildman–Crippen LogP) is 7.80. The number of benzene rings is 3. The molecule has 4 aromatic heterocycles. The van der Waals surface area contributed by atoms with Gasteiger partial charge in [0.05, 0.1) is 52.8 Å². The number of amides is 4. The van der Waals surface area contributed by atoms with Crippen LogP contribution in [-0.4, -0.2) is 121 Å². The zero-order chi connectivity index (χ0) is 56.0. The van der Waals surface area contributed by atoms with Gasteiger partial charge in [-0.15, -0.1) is 32.9 Å². The van der Waals surface area contributed by atoms with Gasteiger partial charge in [0.1, 0.15) is 46.9 Å². The number of carboxylic acids is 1. The summed E-state index contributed by atoms with van der Waals surface area (Å²) in [5.41, 5.74) is 8.86. The number of ether oxygens (including phenoxy) is 1. The Labute approximate surface area is 465 Å². The highest BCUT2D eigenvalue weighted by atomic mass is 32.1. The molecule has 6 atom stereocenters. The standard InChI is InChI=1S/C58H64N10O9S2/c1-30-33(4)79-57-48(30)49(62-43(26-47(70)71)52-65-64-34(5)68(52)57)36-13-15-40(16-14-36)66-21-19-38(27-66)53(72)59-20-22-76-42-17-18-45-39(23-42)24-46(77-45)55(74)63-51(58(6,7)8)56(75)67-28-41(69)25-44(67)54(73)61-31(2)35-9-11-37(12-10-35)50-32(3)60-29-78-50/h9-18,23-24,29,31,38,41,43-44,51,69H,19-22,25-28H2,1-8H3,(H,59,72)(H,61,73)(H,63,74)(H,70,71)/t31-,38-,41+,43-,44-,51+/m0/s1. The lowest BCUT2D eigenvalue weighted by Gasteiger charge is -2.35. The van der Waals surface area contributed by atoms with Crippen molar-refractivity contribution >= 4 is 74.6 Å². The number of carbonyl (C=O) groups excluding carboxylic acids is 4. The van der Waals surface area contributed by atoms with Crippen LogP contribution in [0.4, 0.5) is 5.69 Å². The number of aromatic nitrogens is 4. The summed E-state index contributed by atoms with van der Waals surface area (Å²) in [6, 6.07) is 19.5. The first-order valence-corrected chi connectivity index (χ1v) is 28.1. The van der Waals surface area contributed by atoms with E-state index in [1.807, 2.05) is 100 Å². The normalized spacial score (nSPS) is 18.8. The number of aliphatic hydroxyl groups is 1. The van der Waals surface area contributed by atoms with Crippen molar-refractivity contribution in [3.63, 3.8) is 0 Å². The second-order valence-corrected chi connectivity index (χ2v) is 23.8. The van der Waals surface area contributed by atoms with E-state index in [9.17, 15) is 34.2 Å². The first-order valence-electron chi connectivity index (χ1n) is 26.4. The molecule has 10 rings (SSSR count). The minimum Gasteiger partial charge on any atom is -0.492 e. The summed E-state index contributed by atoms with van der Waals surface area (Å²) in [4.78, 5) is 82.6. The molecule has 21 heteroatoms. The van der Waals surface area contributed by atoms with Gasteiger partial charge in [0, 0.05) is 53.1 Å². The van der Waals surface area contributed by atoms with Crippen LogP contribution in [0.15, 0.2) is 87.7 Å². The maximum absolute atomic E-state index is 14.4. The Bertz CT molecular complexity index is 3500. The third-order valence-corrected chi connectivity index (χ3v) is 17.3. The lowest BCUT2D eigenvalue weighted by atomic mass is 9.85. The molecule has 79 heavy (non-hydrogen) atoms. The molecule has 2 saturated heterocycles. The number of furan rings is 1. The number of aliphatic hydroxyl groups excluding tert-OH is 1. The Balaban J connectivity index is 0.716. The molecule has 0 unspecified atom stereocenters. The van der Waals surface area contributed by atoms with Crippen molar-refractivity contribution in [1.29, 1.82) is 0 Å². The van der Waals surface area contributed by atoms with Gasteiger partial charge in [-0.1, -0.05) is 57.2 Å². The van der Waals surface area contributed by atoms with Crippen LogP contribution in [0.5, 0.6) is 5.75 Å². The Kier molecular flexibility index (Phi) is 15.3. The van der Waals surface area contributed by atoms with Crippen LogP contribution in [0.3, 0.4) is 0 Å². The third kappa shape index (κ3) is 11.3. The van der Waals surface area contributed by atoms with Crippen LogP contribution in [0.2, 0.25) is 0 Å². The van der Waals surface area contributed by atoms with Gasteiger partial charge in [0.15, 0.2) is 11.6 Å². The smallest absolute Gasteiger partial charge is 0.306 e. The van der Waals surface area contributed by atoms with Crippen LogP contribution < -0.4 is 25.6 Å². The molecule has 5 N–H and O–H groups in total. The molecule has 19 nitrogen and oxygen atoms in total. The van der Waals surface area contributed by atoms with Crippen LogP contribution >= 0.6 is 22.7 Å². The van der Waals surface area contributed by atoms with E-state index in [0.29, 0.717) is 53.6 Å². The molecule has 0 bridgehead atoms. The zero-order valence-electron chi connectivity index (χ0n) is 45.3. The zero-order valence-corrected chi connectivity index (χ0v) is 47.0. The number of likely N-dealkylation sites (tertiary alicyclic amines) is 1. The number of hydrogen-bond acceptors (Lipinski definition) is 15. The average molecular weight is 1110 g/mol. The fourth-order valence-corrected chi connectivity index (χ4v) is 12.7. The van der Waals surface area contributed by atoms with Gasteiger partial charge in [-0.3, -0.25) is 33.5 Å². The van der Waals surface area contributed by atoms with Gasteiger partial charge < -0.3 is 45.1 Å². The number of β-amino-alcohol motifs (C(OH)–C–C–N with tert-alkyl or cyclic N) is 1. The highest BCUT2D eigenvalue weighted by molar-refractivity contribution is 7.15. The monoisotopic (exact) mass is 1110 g/mol. The maximum atomic E-state index is 14.4. The number of thiophene rings is 1. The second kappa shape index (κ2) is 22.2. The molecular formula is C58H64N10O9S2. The molecule has 0 saturated carbocycles. The van der Waals surface area contributed by atoms with Crippen LogP contribution in [0.25, 0.3) is 26.4 Å². The van der Waals surface area contributed by atoms with E-state index in [2.05, 4.69) is 49.9 Å². The molecular weight excluding hydrogens is 1040 g/mol. The SMILES string of the molecule is Cc1ncsc1-c1ccc([C@H](C)NC(=O)[C@@H]2C[C@@H](O)CN2C(=O)[C@@H](NC(=O)c2cc3cc(OCCNC(=O)[C@H]4CCN(c5ccc(C6=N[C@@H](CC(=O)O)c7nnc(C)n7-c7sc(C)c(C)c76)cc5)C4)ccc3o2)C(C)(C)C)cc1. The predicted molar refractivity (Wildman–Crippen MR) is 301 cm³/mol. The lowest BCUT2D eigenvalue weighted by Crippen LogP contribution is -2.57. The van der Waals surface area contributed by atoms with E-state index in [-0.39, 0.29) is 56.2 Å². The van der Waals surface area contributed by atoms with Gasteiger partial charge in [-0.05, 0) is 99.5 Å². The molecule has 7 heterocycles. The summed E-state index contributed by atoms with van der Waals surface area (Å²) in [6.45, 7) is 16.9. The van der Waals surface area contributed by atoms with Crippen LogP contribution in [0.1, 0.15) is 114 Å². The summed E-state index contributed by atoms with van der Waals surface area (Å²) in [7, 11) is 0. The third-order valence-electron chi connectivity index (χ3n) is 15.1. The summed E-state index contributed by atoms with van der Waals surface area (Å²) in [6.07, 6.45) is -0.415. The quantitative estimate of drug-likeness (QED) is 0.0581. The Morgan fingerprint density at radius 3 is 2.37 bits per heavy atom. The fourth-order valence-electron chi connectivity index (χ4n) is 10.7. The van der Waals surface area contributed by atoms with Crippen LogP contribution in [0, 0.1) is 39.0 Å². The largest absolute Gasteiger partial charge is 0.492 e. The van der Waals surface area contributed by atoms with Gasteiger partial charge in [0.2, 0.25) is 17.7 Å². The number of nitrogens with zero attached hydrogens (tertiary/aromatic N) is 7. The number of aliphatic carboxylic acids is 1. The number of carboxylic acid groups (broad SMARTS) is 1. The number of fused-ring (bicyclic) bond motifs is 4. The number of aliphatic imine (C=N–C) groups is 1. The van der Waals surface area contributed by atoms with E-state index in [4.69, 9.17) is 14.1 Å². The van der Waals surface area contributed by atoms with E-state index < -0.39 is 53.3 Å². The van der Waals surface area contributed by atoms with E-state index >= 15 is 0 Å². The molecule has 3 aliphatic heterocycles. The molecule has 4 amide bonds. The van der Waals surface area contributed by atoms with Crippen molar-refractivity contribution in [1.82, 2.24) is 40.6 Å². The number of carbonyl (C=O) groups is 5. The minimum atomic E-state index is -1.07. The summed E-state index contributed by atoms with van der Waals surface area (Å²) < 4.78 is 13.9. The second-order valence-electron chi connectivity index (χ2n) is 21.7. The summed E-state index contributed by atoms with van der Waals surface area (Å²) in [5.74, 6) is -1.12. The molecule has 412 valence electrons. The number of hydrogen-bond donors (Lipinski definition) is 5. The Hall–Kier alpha value is -7.75. The number of nitrogens with one attached hydrogen (secondary N) is 3. The lowest BCUT2D eigenvalue weighted by molar-refractivity contribution is -0.142. The molecule has 0 aliphatic carbocycles. The molecule has 7 aromatic rings. The van der Waals surface area contributed by atoms with Gasteiger partial charge in [0.25, 0.3) is 5.91 Å². The first kappa shape index (κ1) is 54.6. The summed E-state index contributed by atoms with van der Waals surface area (Å²) in [5, 5.41) is 39.7. The van der Waals surface area contributed by atoms with Gasteiger partial charge >= 0.3 is 5.97 Å². The Morgan fingerprint density at radius 1 is 0.911 bits per heavy atom. The molecule has 3 aliphatic rings. The molecule has 2 fully saturated rings. The number of rotatable bonds is 16. The fraction of sp³-hybridized carbons (Fsp3) is 0.397. The summed E-state index contributed by atoms with van der Waals surface area (Å²) >= 11 is 3.18. The van der Waals surface area contributed by atoms with Crippen molar-refractivity contribution < 1.29 is 43.3 Å². The van der Waals surface area contributed by atoms with E-state index in [1.165, 1.54) is 4.90 Å². The average Bonchev–Trinajstić information content (AvgIpc) is 4.47. The Morgan fingerprint density at radius 2 is 1.66 bits per heavy atom. The number of thiazole rings is 1. The van der Waals surface area contributed by atoms with Gasteiger partial charge in [-0.25, -0.2) is 4.98 Å². The van der Waals surface area contributed by atoms with E-state index in [1.54, 1.807) is 46.9 Å². The van der Waals surface area contributed by atoms with Crippen molar-refractivity contribution in [2.24, 2.45) is 16.3 Å². The van der Waals surface area contributed by atoms with Crippen LogP contribution in [-0.2, 0) is 19.2 Å². The first-order chi connectivity index (χ1) is 37.7. The van der Waals surface area contributed by atoms with E-state index in [0.717, 1.165) is 54.0 Å². The molecule has 0 radical (unpaired) electrons. The van der Waals surface area contributed by atoms with Crippen molar-refractivity contribution in [3.8, 4) is 21.2 Å². The molecule has 3 aromatic carbocycles. The van der Waals surface area contributed by atoms with Crippen molar-refractivity contribution in [2.75, 3.05) is 37.7 Å². The topological polar surface area (TPSA) is 247 Å². The van der Waals surface area contributed by atoms with Gasteiger partial charge in [-0.2, -0.15) is 0 Å². The highest BCUT2D eigenvalue weighted by Crippen LogP contribution is 2.40. The molecule has 0 spiro atoms. The highest BCUT2D eigenvalue weighted by Gasteiger charge is 2.45. The van der Waals surface area contributed by atoms with Crippen molar-refractivity contribution in [3.05, 3.63) is 129 Å². The van der Waals surface area contributed by atoms with Crippen molar-refractivity contribution in [2.45, 2.75) is 105 Å².